The topological polar surface area (TPSA) is 53.1 Å². The molecule has 6 nitrogen and oxygen atoms in total. The molecule has 4 rings (SSSR count). The first-order valence-corrected chi connectivity index (χ1v) is 10.8. The second-order valence-corrected chi connectivity index (χ2v) is 9.08. The van der Waals surface area contributed by atoms with Gasteiger partial charge < -0.3 is 14.5 Å². The number of hydrogen-bond acceptors (Lipinski definition) is 4. The van der Waals surface area contributed by atoms with Crippen molar-refractivity contribution in [2.75, 3.05) is 53.5 Å². The average Bonchev–Trinajstić information content (AvgIpc) is 3.25. The lowest BCUT2D eigenvalue weighted by atomic mass is 9.87. The van der Waals surface area contributed by atoms with Crippen molar-refractivity contribution in [2.24, 2.45) is 17.8 Å². The molecule has 3 saturated heterocycles. The molecule has 0 unspecified atom stereocenters. The van der Waals surface area contributed by atoms with Crippen LogP contribution in [0.15, 0.2) is 24.3 Å². The van der Waals surface area contributed by atoms with Crippen molar-refractivity contribution in [1.82, 2.24) is 14.7 Å². The third kappa shape index (κ3) is 4.05. The molecule has 1 aromatic carbocycles. The van der Waals surface area contributed by atoms with Gasteiger partial charge in [0.2, 0.25) is 11.8 Å². The Morgan fingerprint density at radius 1 is 1.10 bits per heavy atom. The van der Waals surface area contributed by atoms with E-state index in [1.807, 2.05) is 14.1 Å². The van der Waals surface area contributed by atoms with Gasteiger partial charge in [0.25, 0.3) is 0 Å². The van der Waals surface area contributed by atoms with Crippen LogP contribution in [0.25, 0.3) is 0 Å². The molecule has 29 heavy (non-hydrogen) atoms. The average molecular weight is 400 g/mol. The Kier molecular flexibility index (Phi) is 5.93. The summed E-state index contributed by atoms with van der Waals surface area (Å²) in [5, 5.41) is 0. The van der Waals surface area contributed by atoms with Gasteiger partial charge in [-0.2, -0.15) is 0 Å². The Bertz CT molecular complexity index is 759. The standard InChI is InChI=1S/C23H33N3O3/c1-16-6-4-5-7-19(16)22-20-14-25(15-21(27)24(2)3)12-18(20)13-26(22)23(28)17-8-10-29-11-9-17/h4-7,17-18,20,22H,8-15H2,1-3H3/t18-,20-,22+/m0/s1. The fourth-order valence-electron chi connectivity index (χ4n) is 5.32. The monoisotopic (exact) mass is 399 g/mol. The predicted octanol–water partition coefficient (Wildman–Crippen LogP) is 1.94. The molecule has 3 atom stereocenters. The van der Waals surface area contributed by atoms with Crippen molar-refractivity contribution in [3.05, 3.63) is 35.4 Å². The molecule has 3 fully saturated rings. The molecule has 0 bridgehead atoms. The van der Waals surface area contributed by atoms with Crippen molar-refractivity contribution in [2.45, 2.75) is 25.8 Å². The van der Waals surface area contributed by atoms with Gasteiger partial charge >= 0.3 is 0 Å². The number of rotatable bonds is 4. The van der Waals surface area contributed by atoms with Gasteiger partial charge in [-0.3, -0.25) is 14.5 Å². The van der Waals surface area contributed by atoms with E-state index in [4.69, 9.17) is 4.74 Å². The van der Waals surface area contributed by atoms with Gasteiger partial charge in [0.05, 0.1) is 12.6 Å². The highest BCUT2D eigenvalue weighted by Gasteiger charge is 2.50. The molecule has 6 heteroatoms. The van der Waals surface area contributed by atoms with Crippen molar-refractivity contribution in [3.63, 3.8) is 0 Å². The summed E-state index contributed by atoms with van der Waals surface area (Å²) in [4.78, 5) is 31.8. The Hall–Kier alpha value is -1.92. The zero-order valence-corrected chi connectivity index (χ0v) is 17.8. The Labute approximate surface area is 173 Å². The number of fused-ring (bicyclic) bond motifs is 1. The minimum Gasteiger partial charge on any atom is -0.381 e. The van der Waals surface area contributed by atoms with Gasteiger partial charge in [0, 0.05) is 58.8 Å². The van der Waals surface area contributed by atoms with Crippen LogP contribution in [0.3, 0.4) is 0 Å². The molecular formula is C23H33N3O3. The van der Waals surface area contributed by atoms with E-state index in [1.54, 1.807) is 4.90 Å². The highest BCUT2D eigenvalue weighted by molar-refractivity contribution is 5.80. The Morgan fingerprint density at radius 3 is 2.52 bits per heavy atom. The number of likely N-dealkylation sites (N-methyl/N-ethyl adjacent to an activating group) is 1. The lowest BCUT2D eigenvalue weighted by molar-refractivity contribution is -0.140. The number of amides is 2. The molecule has 0 spiro atoms. The van der Waals surface area contributed by atoms with E-state index in [9.17, 15) is 9.59 Å². The van der Waals surface area contributed by atoms with Crippen LogP contribution in [0.4, 0.5) is 0 Å². The molecule has 3 aliphatic heterocycles. The molecule has 158 valence electrons. The molecule has 0 N–H and O–H groups in total. The third-order valence-electron chi connectivity index (χ3n) is 6.96. The minimum absolute atomic E-state index is 0.0838. The smallest absolute Gasteiger partial charge is 0.236 e. The van der Waals surface area contributed by atoms with Crippen LogP contribution in [0.2, 0.25) is 0 Å². The summed E-state index contributed by atoms with van der Waals surface area (Å²) in [6.45, 7) is 6.55. The highest BCUT2D eigenvalue weighted by Crippen LogP contribution is 2.46. The van der Waals surface area contributed by atoms with E-state index >= 15 is 0 Å². The van der Waals surface area contributed by atoms with Crippen molar-refractivity contribution in [3.8, 4) is 0 Å². The summed E-state index contributed by atoms with van der Waals surface area (Å²) < 4.78 is 5.47. The van der Waals surface area contributed by atoms with Gasteiger partial charge in [-0.25, -0.2) is 0 Å². The summed E-state index contributed by atoms with van der Waals surface area (Å²) in [6, 6.07) is 8.57. The predicted molar refractivity (Wildman–Crippen MR) is 111 cm³/mol. The highest BCUT2D eigenvalue weighted by atomic mass is 16.5. The van der Waals surface area contributed by atoms with E-state index in [1.165, 1.54) is 11.1 Å². The van der Waals surface area contributed by atoms with Crippen LogP contribution in [-0.2, 0) is 14.3 Å². The maximum atomic E-state index is 13.5. The molecular weight excluding hydrogens is 366 g/mol. The first-order chi connectivity index (χ1) is 14.0. The molecule has 0 aromatic heterocycles. The van der Waals surface area contributed by atoms with Gasteiger partial charge in [0.15, 0.2) is 0 Å². The SMILES string of the molecule is Cc1ccccc1[C@@H]1[C@H]2CN(CC(=O)N(C)C)C[C@H]2CN1C(=O)C1CCOCC1. The summed E-state index contributed by atoms with van der Waals surface area (Å²) in [7, 11) is 3.62. The molecule has 0 aliphatic carbocycles. The first kappa shape index (κ1) is 20.4. The van der Waals surface area contributed by atoms with Crippen LogP contribution in [0, 0.1) is 24.7 Å². The molecule has 3 aliphatic rings. The van der Waals surface area contributed by atoms with E-state index < -0.39 is 0 Å². The lowest BCUT2D eigenvalue weighted by Crippen LogP contribution is -2.42. The number of benzene rings is 1. The molecule has 1 aromatic rings. The fourth-order valence-corrected chi connectivity index (χ4v) is 5.32. The lowest BCUT2D eigenvalue weighted by Gasteiger charge is -2.34. The summed E-state index contributed by atoms with van der Waals surface area (Å²) in [5.74, 6) is 1.34. The zero-order chi connectivity index (χ0) is 20.5. The van der Waals surface area contributed by atoms with Gasteiger partial charge in [0.1, 0.15) is 0 Å². The quantitative estimate of drug-likeness (QED) is 0.777. The number of hydrogen-bond donors (Lipinski definition) is 0. The van der Waals surface area contributed by atoms with Crippen LogP contribution in [-0.4, -0.2) is 80.0 Å². The van der Waals surface area contributed by atoms with Crippen molar-refractivity contribution >= 4 is 11.8 Å². The van der Waals surface area contributed by atoms with E-state index in [0.717, 1.165) is 32.5 Å². The number of nitrogens with zero attached hydrogens (tertiary/aromatic N) is 3. The Morgan fingerprint density at radius 2 is 1.83 bits per heavy atom. The Balaban J connectivity index is 1.57. The number of ether oxygens (including phenoxy) is 1. The molecule has 0 radical (unpaired) electrons. The summed E-state index contributed by atoms with van der Waals surface area (Å²) in [5.41, 5.74) is 2.51. The van der Waals surface area contributed by atoms with Crippen LogP contribution in [0.5, 0.6) is 0 Å². The molecule has 2 amide bonds. The van der Waals surface area contributed by atoms with Gasteiger partial charge in [-0.05, 0) is 36.8 Å². The summed E-state index contributed by atoms with van der Waals surface area (Å²) >= 11 is 0. The van der Waals surface area contributed by atoms with E-state index in [-0.39, 0.29) is 17.9 Å². The van der Waals surface area contributed by atoms with E-state index in [2.05, 4.69) is 41.0 Å². The minimum atomic E-state index is 0.0838. The zero-order valence-electron chi connectivity index (χ0n) is 17.8. The third-order valence-corrected chi connectivity index (χ3v) is 6.96. The van der Waals surface area contributed by atoms with Crippen LogP contribution in [0.1, 0.15) is 30.0 Å². The second-order valence-electron chi connectivity index (χ2n) is 9.08. The maximum Gasteiger partial charge on any atom is 0.236 e. The number of carbonyl (C=O) groups is 2. The van der Waals surface area contributed by atoms with Crippen molar-refractivity contribution < 1.29 is 14.3 Å². The second kappa shape index (κ2) is 8.44. The first-order valence-electron chi connectivity index (χ1n) is 10.8. The number of likely N-dealkylation sites (tertiary alicyclic amines) is 2. The van der Waals surface area contributed by atoms with E-state index in [0.29, 0.717) is 37.5 Å². The van der Waals surface area contributed by atoms with Crippen LogP contribution < -0.4 is 0 Å². The van der Waals surface area contributed by atoms with Crippen molar-refractivity contribution in [1.29, 1.82) is 0 Å². The molecule has 3 heterocycles. The van der Waals surface area contributed by atoms with Crippen LogP contribution >= 0.6 is 0 Å². The fraction of sp³-hybridized carbons (Fsp3) is 0.652. The molecule has 0 saturated carbocycles. The number of carbonyl (C=O) groups excluding carboxylic acids is 2. The normalized spacial score (nSPS) is 27.8. The van der Waals surface area contributed by atoms with Gasteiger partial charge in [-0.15, -0.1) is 0 Å². The number of aryl methyl sites for hydroxylation is 1. The maximum absolute atomic E-state index is 13.5. The van der Waals surface area contributed by atoms with Gasteiger partial charge in [-0.1, -0.05) is 24.3 Å². The summed E-state index contributed by atoms with van der Waals surface area (Å²) in [6.07, 6.45) is 1.66. The largest absolute Gasteiger partial charge is 0.381 e.